The Balaban J connectivity index is 1.57. The zero-order valence-corrected chi connectivity index (χ0v) is 14.9. The van der Waals surface area contributed by atoms with Gasteiger partial charge in [-0.2, -0.15) is 0 Å². The quantitative estimate of drug-likeness (QED) is 0.892. The summed E-state index contributed by atoms with van der Waals surface area (Å²) in [7, 11) is 1.55. The molecule has 0 atom stereocenters. The molecule has 1 N–H and O–H groups in total. The lowest BCUT2D eigenvalue weighted by Crippen LogP contribution is -2.41. The molecule has 5 nitrogen and oxygen atoms in total. The average molecular weight is 374 g/mol. The van der Waals surface area contributed by atoms with Gasteiger partial charge < -0.3 is 15.0 Å². The summed E-state index contributed by atoms with van der Waals surface area (Å²) < 4.78 is 31.9. The number of carbonyl (C=O) groups is 2. The molecular formula is C20H20F2N2O3. The molecule has 0 radical (unpaired) electrons. The van der Waals surface area contributed by atoms with E-state index in [1.54, 1.807) is 31.4 Å². The van der Waals surface area contributed by atoms with Crippen LogP contribution in [-0.4, -0.2) is 36.9 Å². The number of nitrogens with zero attached hydrogens (tertiary/aromatic N) is 1. The first-order chi connectivity index (χ1) is 13.0. The lowest BCUT2D eigenvalue weighted by molar-refractivity contribution is -0.121. The first-order valence-corrected chi connectivity index (χ1v) is 8.67. The number of hydrogen-bond donors (Lipinski definition) is 1. The number of likely N-dealkylation sites (tertiary alicyclic amines) is 1. The molecule has 2 aromatic rings. The Morgan fingerprint density at radius 2 is 1.85 bits per heavy atom. The Labute approximate surface area is 155 Å². The number of piperidine rings is 1. The molecular weight excluding hydrogens is 354 g/mol. The van der Waals surface area contributed by atoms with Gasteiger partial charge in [0, 0.05) is 36.8 Å². The Kier molecular flexibility index (Phi) is 5.69. The van der Waals surface area contributed by atoms with Crippen LogP contribution in [0.2, 0.25) is 0 Å². The van der Waals surface area contributed by atoms with Crippen LogP contribution in [0.5, 0.6) is 5.75 Å². The molecule has 0 spiro atoms. The van der Waals surface area contributed by atoms with Crippen molar-refractivity contribution in [1.29, 1.82) is 0 Å². The highest BCUT2D eigenvalue weighted by molar-refractivity contribution is 5.95. The van der Waals surface area contributed by atoms with Crippen LogP contribution in [0.1, 0.15) is 23.2 Å². The molecule has 1 fully saturated rings. The molecule has 142 valence electrons. The number of ether oxygens (including phenoxy) is 1. The third kappa shape index (κ3) is 4.42. The maximum atomic E-state index is 13.8. The average Bonchev–Trinajstić information content (AvgIpc) is 2.68. The first kappa shape index (κ1) is 18.8. The fourth-order valence-corrected chi connectivity index (χ4v) is 3.12. The molecule has 27 heavy (non-hydrogen) atoms. The highest BCUT2D eigenvalue weighted by Gasteiger charge is 2.29. The molecule has 1 aliphatic rings. The van der Waals surface area contributed by atoms with Crippen LogP contribution in [0.25, 0.3) is 0 Å². The van der Waals surface area contributed by atoms with Crippen molar-refractivity contribution in [2.45, 2.75) is 12.8 Å². The van der Waals surface area contributed by atoms with E-state index >= 15 is 0 Å². The van der Waals surface area contributed by atoms with Gasteiger partial charge in [-0.05, 0) is 37.1 Å². The number of halogens is 2. The van der Waals surface area contributed by atoms with Crippen molar-refractivity contribution in [2.75, 3.05) is 25.5 Å². The standard InChI is InChI=1S/C20H20F2N2O3/c1-27-16-4-2-3-15(12-16)23-19(25)13-7-9-24(10-8-13)20(26)17-6-5-14(21)11-18(17)22/h2-6,11-13H,7-10H2,1H3,(H,23,25). The van der Waals surface area contributed by atoms with Gasteiger partial charge in [0.1, 0.15) is 17.4 Å². The Morgan fingerprint density at radius 1 is 1.11 bits per heavy atom. The minimum absolute atomic E-state index is 0.122. The maximum absolute atomic E-state index is 13.8. The molecule has 1 aliphatic heterocycles. The van der Waals surface area contributed by atoms with Crippen molar-refractivity contribution in [3.05, 3.63) is 59.7 Å². The minimum atomic E-state index is -0.877. The van der Waals surface area contributed by atoms with E-state index in [1.807, 2.05) is 0 Å². The number of carbonyl (C=O) groups excluding carboxylic acids is 2. The number of hydrogen-bond acceptors (Lipinski definition) is 3. The summed E-state index contributed by atoms with van der Waals surface area (Å²) in [4.78, 5) is 26.4. The van der Waals surface area contributed by atoms with Crippen molar-refractivity contribution < 1.29 is 23.1 Å². The normalized spacial score (nSPS) is 14.7. The van der Waals surface area contributed by atoms with Crippen LogP contribution in [0.4, 0.5) is 14.5 Å². The Hall–Kier alpha value is -2.96. The lowest BCUT2D eigenvalue weighted by atomic mass is 9.95. The molecule has 1 saturated heterocycles. The maximum Gasteiger partial charge on any atom is 0.256 e. The summed E-state index contributed by atoms with van der Waals surface area (Å²) in [6, 6.07) is 9.98. The Bertz CT molecular complexity index is 849. The summed E-state index contributed by atoms with van der Waals surface area (Å²) in [5.74, 6) is -1.80. The van der Waals surface area contributed by atoms with Gasteiger partial charge in [0.15, 0.2) is 0 Å². The van der Waals surface area contributed by atoms with Gasteiger partial charge in [0.05, 0.1) is 12.7 Å². The number of anilines is 1. The minimum Gasteiger partial charge on any atom is -0.497 e. The van der Waals surface area contributed by atoms with E-state index in [0.717, 1.165) is 12.1 Å². The molecule has 2 aromatic carbocycles. The van der Waals surface area contributed by atoms with Gasteiger partial charge in [-0.15, -0.1) is 0 Å². The summed E-state index contributed by atoms with van der Waals surface area (Å²) in [5, 5.41) is 2.85. The van der Waals surface area contributed by atoms with Crippen LogP contribution in [0, 0.1) is 17.6 Å². The van der Waals surface area contributed by atoms with Crippen molar-refractivity contribution in [3.8, 4) is 5.75 Å². The van der Waals surface area contributed by atoms with Crippen molar-refractivity contribution in [3.63, 3.8) is 0 Å². The van der Waals surface area contributed by atoms with Crippen molar-refractivity contribution in [1.82, 2.24) is 4.90 Å². The van der Waals surface area contributed by atoms with Crippen LogP contribution in [-0.2, 0) is 4.79 Å². The molecule has 0 bridgehead atoms. The fraction of sp³-hybridized carbons (Fsp3) is 0.300. The predicted octanol–water partition coefficient (Wildman–Crippen LogP) is 3.46. The topological polar surface area (TPSA) is 58.6 Å². The first-order valence-electron chi connectivity index (χ1n) is 8.67. The molecule has 1 heterocycles. The van der Waals surface area contributed by atoms with E-state index in [4.69, 9.17) is 4.74 Å². The Morgan fingerprint density at radius 3 is 2.52 bits per heavy atom. The van der Waals surface area contributed by atoms with E-state index in [9.17, 15) is 18.4 Å². The summed E-state index contributed by atoms with van der Waals surface area (Å²) in [6.45, 7) is 0.678. The molecule has 0 aromatic heterocycles. The molecule has 2 amide bonds. The van der Waals surface area contributed by atoms with E-state index < -0.39 is 17.5 Å². The highest BCUT2D eigenvalue weighted by Crippen LogP contribution is 2.23. The monoisotopic (exact) mass is 374 g/mol. The third-order valence-corrected chi connectivity index (χ3v) is 4.65. The number of nitrogens with one attached hydrogen (secondary N) is 1. The second kappa shape index (κ2) is 8.16. The van der Waals surface area contributed by atoms with Gasteiger partial charge >= 0.3 is 0 Å². The number of rotatable bonds is 4. The van der Waals surface area contributed by atoms with Gasteiger partial charge in [-0.1, -0.05) is 6.07 Å². The third-order valence-electron chi connectivity index (χ3n) is 4.65. The second-order valence-electron chi connectivity index (χ2n) is 6.41. The fourth-order valence-electron chi connectivity index (χ4n) is 3.12. The molecule has 0 saturated carbocycles. The SMILES string of the molecule is COc1cccc(NC(=O)C2CCN(C(=O)c3ccc(F)cc3F)CC2)c1. The van der Waals surface area contributed by atoms with Crippen molar-refractivity contribution in [2.24, 2.45) is 5.92 Å². The number of amides is 2. The van der Waals surface area contributed by atoms with E-state index in [2.05, 4.69) is 5.32 Å². The van der Waals surface area contributed by atoms with E-state index in [-0.39, 0.29) is 17.4 Å². The molecule has 0 unspecified atom stereocenters. The zero-order chi connectivity index (χ0) is 19.4. The van der Waals surface area contributed by atoms with Gasteiger partial charge in [-0.3, -0.25) is 9.59 Å². The summed E-state index contributed by atoms with van der Waals surface area (Å²) in [5.41, 5.74) is 0.488. The van der Waals surface area contributed by atoms with Gasteiger partial charge in [-0.25, -0.2) is 8.78 Å². The zero-order valence-electron chi connectivity index (χ0n) is 14.9. The van der Waals surface area contributed by atoms with Crippen LogP contribution >= 0.6 is 0 Å². The summed E-state index contributed by atoms with van der Waals surface area (Å²) in [6.07, 6.45) is 0.953. The smallest absolute Gasteiger partial charge is 0.256 e. The van der Waals surface area contributed by atoms with Crippen LogP contribution in [0.15, 0.2) is 42.5 Å². The van der Waals surface area contributed by atoms with Crippen LogP contribution < -0.4 is 10.1 Å². The highest BCUT2D eigenvalue weighted by atomic mass is 19.1. The molecule has 3 rings (SSSR count). The predicted molar refractivity (Wildman–Crippen MR) is 96.6 cm³/mol. The van der Waals surface area contributed by atoms with Crippen molar-refractivity contribution >= 4 is 17.5 Å². The number of methoxy groups -OCH3 is 1. The van der Waals surface area contributed by atoms with E-state index in [0.29, 0.717) is 43.4 Å². The van der Waals surface area contributed by atoms with Gasteiger partial charge in [0.2, 0.25) is 5.91 Å². The number of benzene rings is 2. The van der Waals surface area contributed by atoms with E-state index in [1.165, 1.54) is 4.90 Å². The lowest BCUT2D eigenvalue weighted by Gasteiger charge is -2.31. The summed E-state index contributed by atoms with van der Waals surface area (Å²) >= 11 is 0. The molecule has 7 heteroatoms. The van der Waals surface area contributed by atoms with Gasteiger partial charge in [0.25, 0.3) is 5.91 Å². The molecule has 0 aliphatic carbocycles. The van der Waals surface area contributed by atoms with Crippen LogP contribution in [0.3, 0.4) is 0 Å². The largest absolute Gasteiger partial charge is 0.497 e. The second-order valence-corrected chi connectivity index (χ2v) is 6.41.